The average molecular weight is 247 g/mol. The van der Waals surface area contributed by atoms with E-state index in [-0.39, 0.29) is 11.0 Å². The Balaban J connectivity index is 2.63. The monoisotopic (exact) mass is 247 g/mol. The largest absolute Gasteiger partial charge is 0.324 e. The van der Waals surface area contributed by atoms with Crippen LogP contribution in [0.1, 0.15) is 58.8 Å². The van der Waals surface area contributed by atoms with Gasteiger partial charge in [0.25, 0.3) is 0 Å². The van der Waals surface area contributed by atoms with Gasteiger partial charge in [-0.25, -0.2) is 8.42 Å². The van der Waals surface area contributed by atoms with E-state index in [1.54, 1.807) is 0 Å². The van der Waals surface area contributed by atoms with Gasteiger partial charge in [-0.15, -0.1) is 0 Å². The van der Waals surface area contributed by atoms with Crippen molar-refractivity contribution < 1.29 is 8.42 Å². The van der Waals surface area contributed by atoms with Crippen molar-refractivity contribution in [1.29, 1.82) is 0 Å². The highest BCUT2D eigenvalue weighted by atomic mass is 32.2. The molecule has 0 aromatic carbocycles. The third-order valence-corrected chi connectivity index (χ3v) is 6.09. The molecule has 2 N–H and O–H groups in total. The third kappa shape index (κ3) is 3.74. The molecule has 0 bridgehead atoms. The Hall–Kier alpha value is -0.0900. The van der Waals surface area contributed by atoms with Crippen LogP contribution in [-0.2, 0) is 9.84 Å². The van der Waals surface area contributed by atoms with Gasteiger partial charge in [0.1, 0.15) is 0 Å². The van der Waals surface area contributed by atoms with Gasteiger partial charge in [-0.1, -0.05) is 32.6 Å². The maximum atomic E-state index is 12.1. The zero-order valence-electron chi connectivity index (χ0n) is 10.5. The standard InChI is InChI=1S/C12H25NO2S/c1-3-7-11(2)16(14,15)10-12(13)8-5-4-6-9-12/h11H,3-10,13H2,1-2H3. The van der Waals surface area contributed by atoms with Crippen molar-refractivity contribution in [1.82, 2.24) is 0 Å². The van der Waals surface area contributed by atoms with Crippen molar-refractivity contribution in [3.8, 4) is 0 Å². The van der Waals surface area contributed by atoms with Crippen LogP contribution in [0.15, 0.2) is 0 Å². The van der Waals surface area contributed by atoms with Crippen LogP contribution >= 0.6 is 0 Å². The van der Waals surface area contributed by atoms with E-state index in [1.165, 1.54) is 6.42 Å². The number of sulfone groups is 1. The van der Waals surface area contributed by atoms with E-state index < -0.39 is 15.4 Å². The molecule has 1 aliphatic rings. The quantitative estimate of drug-likeness (QED) is 0.810. The Labute approximate surface area is 99.7 Å². The second-order valence-corrected chi connectivity index (χ2v) is 7.75. The Morgan fingerprint density at radius 1 is 1.25 bits per heavy atom. The number of hydrogen-bond donors (Lipinski definition) is 1. The summed E-state index contributed by atoms with van der Waals surface area (Å²) in [5.74, 6) is 0.182. The van der Waals surface area contributed by atoms with Gasteiger partial charge in [0.05, 0.1) is 11.0 Å². The van der Waals surface area contributed by atoms with E-state index in [0.29, 0.717) is 0 Å². The molecule has 16 heavy (non-hydrogen) atoms. The van der Waals surface area contributed by atoms with Crippen molar-refractivity contribution in [2.75, 3.05) is 5.75 Å². The van der Waals surface area contributed by atoms with Crippen LogP contribution in [0.4, 0.5) is 0 Å². The lowest BCUT2D eigenvalue weighted by atomic mass is 9.84. The summed E-state index contributed by atoms with van der Waals surface area (Å²) in [6.07, 6.45) is 6.75. The van der Waals surface area contributed by atoms with Crippen LogP contribution in [0, 0.1) is 0 Å². The highest BCUT2D eigenvalue weighted by molar-refractivity contribution is 7.92. The van der Waals surface area contributed by atoms with Gasteiger partial charge in [0.2, 0.25) is 0 Å². The molecular weight excluding hydrogens is 222 g/mol. The molecule has 0 aromatic heterocycles. The molecule has 1 saturated carbocycles. The minimum absolute atomic E-state index is 0.182. The van der Waals surface area contributed by atoms with Crippen LogP contribution in [0.2, 0.25) is 0 Å². The lowest BCUT2D eigenvalue weighted by molar-refractivity contribution is 0.323. The van der Waals surface area contributed by atoms with E-state index in [0.717, 1.165) is 38.5 Å². The summed E-state index contributed by atoms with van der Waals surface area (Å²) in [6, 6.07) is 0. The van der Waals surface area contributed by atoms with Crippen molar-refractivity contribution in [3.63, 3.8) is 0 Å². The first kappa shape index (κ1) is 14.0. The van der Waals surface area contributed by atoms with Crippen LogP contribution in [0.5, 0.6) is 0 Å². The normalized spacial score (nSPS) is 22.9. The second kappa shape index (κ2) is 5.50. The molecule has 4 heteroatoms. The Morgan fingerprint density at radius 2 is 1.81 bits per heavy atom. The van der Waals surface area contributed by atoms with Crippen molar-refractivity contribution in [3.05, 3.63) is 0 Å². The molecule has 3 nitrogen and oxygen atoms in total. The Bertz CT molecular complexity index is 305. The van der Waals surface area contributed by atoms with Gasteiger partial charge in [-0.3, -0.25) is 0 Å². The highest BCUT2D eigenvalue weighted by Gasteiger charge is 2.34. The molecule has 0 radical (unpaired) electrons. The fourth-order valence-corrected chi connectivity index (χ4v) is 4.50. The molecule has 0 saturated heterocycles. The van der Waals surface area contributed by atoms with Gasteiger partial charge < -0.3 is 5.73 Å². The number of hydrogen-bond acceptors (Lipinski definition) is 3. The Kier molecular flexibility index (Phi) is 4.80. The summed E-state index contributed by atoms with van der Waals surface area (Å²) >= 11 is 0. The number of rotatable bonds is 5. The van der Waals surface area contributed by atoms with E-state index in [4.69, 9.17) is 5.73 Å². The molecule has 0 heterocycles. The zero-order chi connectivity index (χ0) is 12.2. The fraction of sp³-hybridized carbons (Fsp3) is 1.00. The highest BCUT2D eigenvalue weighted by Crippen LogP contribution is 2.28. The first-order chi connectivity index (χ1) is 7.40. The topological polar surface area (TPSA) is 60.2 Å². The summed E-state index contributed by atoms with van der Waals surface area (Å²) in [5, 5.41) is -0.236. The molecule has 96 valence electrons. The molecule has 1 atom stereocenters. The van der Waals surface area contributed by atoms with Crippen LogP contribution in [-0.4, -0.2) is 25.0 Å². The lowest BCUT2D eigenvalue weighted by Gasteiger charge is -2.33. The van der Waals surface area contributed by atoms with E-state index in [1.807, 2.05) is 13.8 Å². The van der Waals surface area contributed by atoms with Crippen LogP contribution in [0.25, 0.3) is 0 Å². The van der Waals surface area contributed by atoms with E-state index >= 15 is 0 Å². The van der Waals surface area contributed by atoms with Crippen molar-refractivity contribution in [2.45, 2.75) is 69.6 Å². The average Bonchev–Trinajstić information content (AvgIpc) is 2.17. The molecular formula is C12H25NO2S. The second-order valence-electron chi connectivity index (χ2n) is 5.33. The predicted molar refractivity (Wildman–Crippen MR) is 68.2 cm³/mol. The van der Waals surface area contributed by atoms with Gasteiger partial charge >= 0.3 is 0 Å². The molecule has 0 spiro atoms. The predicted octanol–water partition coefficient (Wildman–Crippen LogP) is 2.25. The van der Waals surface area contributed by atoms with Gasteiger partial charge in [-0.2, -0.15) is 0 Å². The van der Waals surface area contributed by atoms with E-state index in [2.05, 4.69) is 0 Å². The SMILES string of the molecule is CCCC(C)S(=O)(=O)CC1(N)CCCCC1. The molecule has 0 amide bonds. The maximum Gasteiger partial charge on any atom is 0.154 e. The maximum absolute atomic E-state index is 12.1. The van der Waals surface area contributed by atoms with E-state index in [9.17, 15) is 8.42 Å². The molecule has 1 unspecified atom stereocenters. The number of nitrogens with two attached hydrogens (primary N) is 1. The van der Waals surface area contributed by atoms with Gasteiger partial charge in [0.15, 0.2) is 9.84 Å². The molecule has 1 aliphatic carbocycles. The summed E-state index contributed by atoms with van der Waals surface area (Å²) in [7, 11) is -3.01. The Morgan fingerprint density at radius 3 is 2.31 bits per heavy atom. The zero-order valence-corrected chi connectivity index (χ0v) is 11.4. The molecule has 0 aliphatic heterocycles. The summed E-state index contributed by atoms with van der Waals surface area (Å²) < 4.78 is 24.2. The lowest BCUT2D eigenvalue weighted by Crippen LogP contribution is -2.49. The summed E-state index contributed by atoms with van der Waals surface area (Å²) in [6.45, 7) is 3.83. The molecule has 1 rings (SSSR count). The first-order valence-electron chi connectivity index (χ1n) is 6.40. The fourth-order valence-electron chi connectivity index (χ4n) is 2.53. The third-order valence-electron chi connectivity index (χ3n) is 3.65. The van der Waals surface area contributed by atoms with Gasteiger partial charge in [0, 0.05) is 5.54 Å². The van der Waals surface area contributed by atoms with Gasteiger partial charge in [-0.05, 0) is 26.2 Å². The van der Waals surface area contributed by atoms with Crippen molar-refractivity contribution >= 4 is 9.84 Å². The smallest absolute Gasteiger partial charge is 0.154 e. The molecule has 0 aromatic rings. The van der Waals surface area contributed by atoms with Crippen molar-refractivity contribution in [2.24, 2.45) is 5.73 Å². The van der Waals surface area contributed by atoms with Crippen LogP contribution in [0.3, 0.4) is 0 Å². The minimum Gasteiger partial charge on any atom is -0.324 e. The van der Waals surface area contributed by atoms with Crippen LogP contribution < -0.4 is 5.73 Å². The first-order valence-corrected chi connectivity index (χ1v) is 8.12. The molecule has 1 fully saturated rings. The summed E-state index contributed by atoms with van der Waals surface area (Å²) in [4.78, 5) is 0. The summed E-state index contributed by atoms with van der Waals surface area (Å²) in [5.41, 5.74) is 5.75. The minimum atomic E-state index is -3.01.